The second kappa shape index (κ2) is 5.33. The molecule has 1 fully saturated rings. The van der Waals surface area contributed by atoms with Gasteiger partial charge in [-0.25, -0.2) is 0 Å². The molecule has 4 N–H and O–H groups in total. The average Bonchev–Trinajstić information content (AvgIpc) is 2.41. The van der Waals surface area contributed by atoms with Crippen molar-refractivity contribution in [2.24, 2.45) is 0 Å². The van der Waals surface area contributed by atoms with Gasteiger partial charge in [-0.05, 0) is 48.5 Å². The Morgan fingerprint density at radius 1 is 1.26 bits per heavy atom. The summed E-state index contributed by atoms with van der Waals surface area (Å²) in [6, 6.07) is 4.51. The number of carbonyl (C=O) groups is 1. The van der Waals surface area contributed by atoms with Crippen LogP contribution in [0.4, 0.5) is 17.1 Å². The molecule has 1 aromatic carbocycles. The van der Waals surface area contributed by atoms with E-state index in [1.807, 2.05) is 17.8 Å². The molecule has 2 aliphatic rings. The van der Waals surface area contributed by atoms with Crippen LogP contribution in [0.25, 0.3) is 0 Å². The number of anilines is 3. The number of nitrogen functional groups attached to an aromatic ring is 1. The van der Waals surface area contributed by atoms with Crippen molar-refractivity contribution in [3.63, 3.8) is 0 Å². The van der Waals surface area contributed by atoms with Crippen molar-refractivity contribution in [1.82, 2.24) is 0 Å². The van der Waals surface area contributed by atoms with E-state index < -0.39 is 0 Å². The highest BCUT2D eigenvalue weighted by molar-refractivity contribution is 7.99. The third-order valence-corrected chi connectivity index (χ3v) is 4.80. The van der Waals surface area contributed by atoms with E-state index >= 15 is 0 Å². The first-order chi connectivity index (χ1) is 9.22. The van der Waals surface area contributed by atoms with E-state index in [1.54, 1.807) is 0 Å². The Bertz CT molecular complexity index is 498. The second-order valence-corrected chi connectivity index (χ2v) is 6.40. The van der Waals surface area contributed by atoms with Gasteiger partial charge >= 0.3 is 0 Å². The Balaban J connectivity index is 1.80. The van der Waals surface area contributed by atoms with E-state index in [4.69, 9.17) is 5.73 Å². The molecule has 0 bridgehead atoms. The summed E-state index contributed by atoms with van der Waals surface area (Å²) in [6.07, 6.45) is 3.75. The van der Waals surface area contributed by atoms with Gasteiger partial charge in [-0.15, -0.1) is 0 Å². The summed E-state index contributed by atoms with van der Waals surface area (Å²) in [7, 11) is 0. The minimum absolute atomic E-state index is 0.0805. The molecule has 0 radical (unpaired) electrons. The van der Waals surface area contributed by atoms with Crippen LogP contribution in [0.15, 0.2) is 12.1 Å². The number of fused-ring (bicyclic) bond motifs is 1. The van der Waals surface area contributed by atoms with Crippen molar-refractivity contribution in [3.8, 4) is 0 Å². The van der Waals surface area contributed by atoms with Gasteiger partial charge < -0.3 is 16.4 Å². The van der Waals surface area contributed by atoms with E-state index in [1.165, 1.54) is 29.9 Å². The number of carbonyl (C=O) groups excluding carboxylic acids is 1. The lowest BCUT2D eigenvalue weighted by Crippen LogP contribution is -2.25. The van der Waals surface area contributed by atoms with Crippen LogP contribution in [-0.2, 0) is 11.2 Å². The molecule has 0 aromatic heterocycles. The minimum atomic E-state index is 0.0805. The molecule has 0 saturated carbocycles. The topological polar surface area (TPSA) is 67.1 Å². The summed E-state index contributed by atoms with van der Waals surface area (Å²) < 4.78 is 0. The minimum Gasteiger partial charge on any atom is -0.397 e. The number of aryl methyl sites for hydroxylation is 1. The SMILES string of the molecule is Nc1cc2c(cc1NC1CCSCC1)CCC(=O)N2. The zero-order valence-corrected chi connectivity index (χ0v) is 11.7. The second-order valence-electron chi connectivity index (χ2n) is 5.18. The highest BCUT2D eigenvalue weighted by Crippen LogP contribution is 2.32. The molecule has 2 aliphatic heterocycles. The summed E-state index contributed by atoms with van der Waals surface area (Å²) in [5.74, 6) is 2.52. The zero-order valence-electron chi connectivity index (χ0n) is 10.9. The number of benzene rings is 1. The fourth-order valence-corrected chi connectivity index (χ4v) is 3.74. The van der Waals surface area contributed by atoms with Crippen molar-refractivity contribution in [2.75, 3.05) is 27.9 Å². The van der Waals surface area contributed by atoms with E-state index in [0.717, 1.165) is 23.5 Å². The fourth-order valence-electron chi connectivity index (χ4n) is 2.63. The number of amides is 1. The Labute approximate surface area is 117 Å². The first-order valence-corrected chi connectivity index (χ1v) is 7.94. The monoisotopic (exact) mass is 277 g/mol. The molecule has 3 rings (SSSR count). The molecule has 0 unspecified atom stereocenters. The number of hydrogen-bond donors (Lipinski definition) is 3. The van der Waals surface area contributed by atoms with Gasteiger partial charge in [0, 0.05) is 18.2 Å². The lowest BCUT2D eigenvalue weighted by molar-refractivity contribution is -0.116. The maximum Gasteiger partial charge on any atom is 0.224 e. The number of nitrogens with two attached hydrogens (primary N) is 1. The normalized spacial score (nSPS) is 19.7. The van der Waals surface area contributed by atoms with Crippen LogP contribution < -0.4 is 16.4 Å². The molecule has 0 spiro atoms. The third-order valence-electron chi connectivity index (χ3n) is 3.75. The van der Waals surface area contributed by atoms with Crippen molar-refractivity contribution >= 4 is 34.7 Å². The van der Waals surface area contributed by atoms with Gasteiger partial charge in [-0.3, -0.25) is 4.79 Å². The summed E-state index contributed by atoms with van der Waals surface area (Å²) in [5.41, 5.74) is 9.89. The summed E-state index contributed by atoms with van der Waals surface area (Å²) in [5, 5.41) is 6.44. The number of hydrogen-bond acceptors (Lipinski definition) is 4. The van der Waals surface area contributed by atoms with Gasteiger partial charge in [0.2, 0.25) is 5.91 Å². The van der Waals surface area contributed by atoms with E-state index in [9.17, 15) is 4.79 Å². The number of rotatable bonds is 2. The molecule has 2 heterocycles. The Hall–Kier alpha value is -1.36. The van der Waals surface area contributed by atoms with Crippen LogP contribution >= 0.6 is 11.8 Å². The van der Waals surface area contributed by atoms with Gasteiger partial charge in [-0.1, -0.05) is 0 Å². The molecule has 1 saturated heterocycles. The first kappa shape index (κ1) is 12.7. The largest absolute Gasteiger partial charge is 0.397 e. The molecule has 19 heavy (non-hydrogen) atoms. The van der Waals surface area contributed by atoms with Crippen LogP contribution in [0.1, 0.15) is 24.8 Å². The molecule has 5 heteroatoms. The van der Waals surface area contributed by atoms with Gasteiger partial charge in [0.1, 0.15) is 0 Å². The van der Waals surface area contributed by atoms with Crippen LogP contribution in [0, 0.1) is 0 Å². The third kappa shape index (κ3) is 2.81. The van der Waals surface area contributed by atoms with Gasteiger partial charge in [0.25, 0.3) is 0 Å². The van der Waals surface area contributed by atoms with Crippen LogP contribution in [0.3, 0.4) is 0 Å². The van der Waals surface area contributed by atoms with E-state index in [-0.39, 0.29) is 5.91 Å². The molecule has 0 aliphatic carbocycles. The highest BCUT2D eigenvalue weighted by atomic mass is 32.2. The Morgan fingerprint density at radius 3 is 2.84 bits per heavy atom. The first-order valence-electron chi connectivity index (χ1n) is 6.79. The summed E-state index contributed by atoms with van der Waals surface area (Å²) in [4.78, 5) is 11.4. The van der Waals surface area contributed by atoms with Crippen molar-refractivity contribution in [2.45, 2.75) is 31.7 Å². The molecule has 4 nitrogen and oxygen atoms in total. The van der Waals surface area contributed by atoms with Gasteiger partial charge in [0.15, 0.2) is 0 Å². The average molecular weight is 277 g/mol. The maximum absolute atomic E-state index is 11.4. The van der Waals surface area contributed by atoms with Crippen LogP contribution in [0.2, 0.25) is 0 Å². The highest BCUT2D eigenvalue weighted by Gasteiger charge is 2.19. The zero-order chi connectivity index (χ0) is 13.2. The quantitative estimate of drug-likeness (QED) is 0.726. The summed E-state index contributed by atoms with van der Waals surface area (Å²) in [6.45, 7) is 0. The summed E-state index contributed by atoms with van der Waals surface area (Å²) >= 11 is 2.02. The predicted octanol–water partition coefficient (Wildman–Crippen LogP) is 2.46. The molecule has 102 valence electrons. The standard InChI is InChI=1S/C14H19N3OS/c15-11-8-12-9(1-2-14(18)17-12)7-13(11)16-10-3-5-19-6-4-10/h7-8,10,16H,1-6,15H2,(H,17,18). The molecule has 0 atom stereocenters. The molecule has 1 amide bonds. The van der Waals surface area contributed by atoms with Crippen molar-refractivity contribution in [3.05, 3.63) is 17.7 Å². The number of thioether (sulfide) groups is 1. The van der Waals surface area contributed by atoms with E-state index in [0.29, 0.717) is 12.5 Å². The smallest absolute Gasteiger partial charge is 0.224 e. The lowest BCUT2D eigenvalue weighted by Gasteiger charge is -2.26. The van der Waals surface area contributed by atoms with Crippen molar-refractivity contribution < 1.29 is 4.79 Å². The molecule has 1 aromatic rings. The molecular formula is C14H19N3OS. The maximum atomic E-state index is 11.4. The van der Waals surface area contributed by atoms with E-state index in [2.05, 4.69) is 16.7 Å². The van der Waals surface area contributed by atoms with Crippen LogP contribution in [0.5, 0.6) is 0 Å². The lowest BCUT2D eigenvalue weighted by atomic mass is 10.0. The fraction of sp³-hybridized carbons (Fsp3) is 0.500. The van der Waals surface area contributed by atoms with Gasteiger partial charge in [-0.2, -0.15) is 11.8 Å². The molecular weight excluding hydrogens is 258 g/mol. The number of nitrogens with one attached hydrogen (secondary N) is 2. The van der Waals surface area contributed by atoms with Gasteiger partial charge in [0.05, 0.1) is 11.4 Å². The Kier molecular flexibility index (Phi) is 3.55. The van der Waals surface area contributed by atoms with Crippen molar-refractivity contribution in [1.29, 1.82) is 0 Å². The Morgan fingerprint density at radius 2 is 2.05 bits per heavy atom. The predicted molar refractivity (Wildman–Crippen MR) is 81.8 cm³/mol. The van der Waals surface area contributed by atoms with Crippen LogP contribution in [-0.4, -0.2) is 23.5 Å².